The predicted octanol–water partition coefficient (Wildman–Crippen LogP) is 3.04. The summed E-state index contributed by atoms with van der Waals surface area (Å²) >= 11 is 2.90. The second-order valence-corrected chi connectivity index (χ2v) is 6.53. The maximum atomic E-state index is 13.7. The Morgan fingerprint density at radius 2 is 1.95 bits per heavy atom. The zero-order chi connectivity index (χ0) is 14.4. The number of nitrogens with one attached hydrogen (secondary N) is 1. The molecule has 2 bridgehead atoms. The molecule has 108 valence electrons. The number of fused-ring (bicyclic) bond motifs is 2. The molecule has 2 saturated carbocycles. The largest absolute Gasteiger partial charge is 0.327 e. The molecule has 2 aliphatic carbocycles. The lowest BCUT2D eigenvalue weighted by atomic mass is 9.84. The maximum Gasteiger partial charge on any atom is 0.229 e. The summed E-state index contributed by atoms with van der Waals surface area (Å²) in [5.74, 6) is -1.20. The van der Waals surface area contributed by atoms with E-state index in [0.717, 1.165) is 31.4 Å². The zero-order valence-electron chi connectivity index (χ0n) is 10.7. The van der Waals surface area contributed by atoms with Gasteiger partial charge < -0.3 is 11.1 Å². The summed E-state index contributed by atoms with van der Waals surface area (Å²) in [5, 5.41) is 2.48. The summed E-state index contributed by atoms with van der Waals surface area (Å²) in [6.45, 7) is 0. The van der Waals surface area contributed by atoms with Crippen molar-refractivity contribution < 1.29 is 13.6 Å². The van der Waals surface area contributed by atoms with E-state index in [9.17, 15) is 13.6 Å². The van der Waals surface area contributed by atoms with Crippen molar-refractivity contribution in [3.05, 3.63) is 28.2 Å². The topological polar surface area (TPSA) is 55.1 Å². The first-order chi connectivity index (χ1) is 9.47. The summed E-state index contributed by atoms with van der Waals surface area (Å²) in [4.78, 5) is 12.3. The van der Waals surface area contributed by atoms with Gasteiger partial charge in [-0.25, -0.2) is 8.78 Å². The highest BCUT2D eigenvalue weighted by Crippen LogP contribution is 2.48. The van der Waals surface area contributed by atoms with Gasteiger partial charge in [-0.05, 0) is 53.1 Å². The van der Waals surface area contributed by atoms with Gasteiger partial charge in [-0.1, -0.05) is 0 Å². The normalized spacial score (nSPS) is 31.6. The third kappa shape index (κ3) is 2.24. The molecule has 1 amide bonds. The van der Waals surface area contributed by atoms with E-state index in [0.29, 0.717) is 5.92 Å². The van der Waals surface area contributed by atoms with Gasteiger partial charge >= 0.3 is 0 Å². The molecule has 4 unspecified atom stereocenters. The molecule has 1 aromatic carbocycles. The third-order valence-electron chi connectivity index (χ3n) is 4.55. The number of anilines is 1. The summed E-state index contributed by atoms with van der Waals surface area (Å²) in [7, 11) is 0. The molecular formula is C14H15BrF2N2O. The molecule has 2 aliphatic rings. The number of amides is 1. The van der Waals surface area contributed by atoms with Crippen LogP contribution in [0.25, 0.3) is 0 Å². The predicted molar refractivity (Wildman–Crippen MR) is 75.0 cm³/mol. The average molecular weight is 345 g/mol. The number of rotatable bonds is 2. The lowest BCUT2D eigenvalue weighted by Gasteiger charge is -2.27. The van der Waals surface area contributed by atoms with Gasteiger partial charge in [-0.3, -0.25) is 4.79 Å². The summed E-state index contributed by atoms with van der Waals surface area (Å²) in [6, 6.07) is 1.82. The van der Waals surface area contributed by atoms with Gasteiger partial charge in [0.2, 0.25) is 5.91 Å². The van der Waals surface area contributed by atoms with E-state index in [4.69, 9.17) is 5.73 Å². The van der Waals surface area contributed by atoms with E-state index in [1.165, 1.54) is 0 Å². The van der Waals surface area contributed by atoms with Crippen LogP contribution in [0.5, 0.6) is 0 Å². The fourth-order valence-corrected chi connectivity index (χ4v) is 3.87. The highest BCUT2D eigenvalue weighted by atomic mass is 79.9. The summed E-state index contributed by atoms with van der Waals surface area (Å²) in [6.07, 6.45) is 3.03. The van der Waals surface area contributed by atoms with E-state index < -0.39 is 11.6 Å². The van der Waals surface area contributed by atoms with Gasteiger partial charge in [0.05, 0.1) is 16.1 Å². The van der Waals surface area contributed by atoms with Gasteiger partial charge in [0.1, 0.15) is 11.6 Å². The van der Waals surface area contributed by atoms with Crippen LogP contribution in [0.4, 0.5) is 14.5 Å². The second-order valence-electron chi connectivity index (χ2n) is 5.67. The number of carbonyl (C=O) groups excluding carboxylic acids is 1. The molecular weight excluding hydrogens is 330 g/mol. The molecule has 0 saturated heterocycles. The zero-order valence-corrected chi connectivity index (χ0v) is 12.3. The molecule has 1 aromatic rings. The van der Waals surface area contributed by atoms with Crippen LogP contribution in [0, 0.1) is 29.4 Å². The van der Waals surface area contributed by atoms with Gasteiger partial charge in [0.15, 0.2) is 0 Å². The number of hydrogen-bond acceptors (Lipinski definition) is 2. The molecule has 20 heavy (non-hydrogen) atoms. The van der Waals surface area contributed by atoms with Crippen LogP contribution in [0.2, 0.25) is 0 Å². The molecule has 4 atom stereocenters. The van der Waals surface area contributed by atoms with Crippen LogP contribution in [0.3, 0.4) is 0 Å². The van der Waals surface area contributed by atoms with Crippen molar-refractivity contribution in [2.75, 3.05) is 5.32 Å². The highest BCUT2D eigenvalue weighted by Gasteiger charge is 2.49. The molecule has 2 fully saturated rings. The van der Waals surface area contributed by atoms with Crippen molar-refractivity contribution in [3.8, 4) is 0 Å². The third-order valence-corrected chi connectivity index (χ3v) is 5.16. The van der Waals surface area contributed by atoms with Crippen LogP contribution >= 0.6 is 15.9 Å². The van der Waals surface area contributed by atoms with E-state index in [1.807, 2.05) is 0 Å². The molecule has 0 radical (unpaired) electrons. The number of carbonyl (C=O) groups is 1. The molecule has 0 spiro atoms. The number of nitrogens with two attached hydrogens (primary N) is 1. The standard InChI is InChI=1S/C14H15BrF2N2O/c15-8-4-10(17)11(5-9(8)16)19-14(20)12-6-1-2-7(3-6)13(12)18/h4-7,12-13H,1-3,18H2,(H,19,20). The first-order valence-electron chi connectivity index (χ1n) is 6.68. The van der Waals surface area contributed by atoms with Crippen LogP contribution in [-0.2, 0) is 4.79 Å². The quantitative estimate of drug-likeness (QED) is 0.810. The monoisotopic (exact) mass is 344 g/mol. The Labute approximate surface area is 124 Å². The fourth-order valence-electron chi connectivity index (χ4n) is 3.56. The van der Waals surface area contributed by atoms with Crippen molar-refractivity contribution in [2.45, 2.75) is 25.3 Å². The van der Waals surface area contributed by atoms with Crippen molar-refractivity contribution in [2.24, 2.45) is 23.5 Å². The number of halogens is 3. The summed E-state index contributed by atoms with van der Waals surface area (Å²) in [5.41, 5.74) is 5.94. The maximum absolute atomic E-state index is 13.7. The first kappa shape index (κ1) is 13.9. The Hall–Kier alpha value is -1.01. The molecule has 0 aliphatic heterocycles. The molecule has 3 N–H and O–H groups in total. The average Bonchev–Trinajstić information content (AvgIpc) is 2.96. The molecule has 0 aromatic heterocycles. The summed E-state index contributed by atoms with van der Waals surface area (Å²) < 4.78 is 27.2. The fraction of sp³-hybridized carbons (Fsp3) is 0.500. The van der Waals surface area contributed by atoms with Crippen LogP contribution < -0.4 is 11.1 Å². The van der Waals surface area contributed by atoms with Crippen molar-refractivity contribution in [1.82, 2.24) is 0 Å². The van der Waals surface area contributed by atoms with Crippen LogP contribution in [-0.4, -0.2) is 11.9 Å². The van der Waals surface area contributed by atoms with E-state index >= 15 is 0 Å². The highest BCUT2D eigenvalue weighted by molar-refractivity contribution is 9.10. The lowest BCUT2D eigenvalue weighted by molar-refractivity contribution is -0.121. The van der Waals surface area contributed by atoms with Crippen molar-refractivity contribution >= 4 is 27.5 Å². The second kappa shape index (κ2) is 5.07. The minimum atomic E-state index is -0.664. The van der Waals surface area contributed by atoms with E-state index in [-0.39, 0.29) is 33.9 Å². The Balaban J connectivity index is 1.78. The Bertz CT molecular complexity index is 564. The lowest BCUT2D eigenvalue weighted by Crippen LogP contribution is -2.42. The minimum Gasteiger partial charge on any atom is -0.327 e. The van der Waals surface area contributed by atoms with Crippen LogP contribution in [0.1, 0.15) is 19.3 Å². The molecule has 0 heterocycles. The van der Waals surface area contributed by atoms with Gasteiger partial charge in [0, 0.05) is 12.1 Å². The van der Waals surface area contributed by atoms with Crippen molar-refractivity contribution in [3.63, 3.8) is 0 Å². The molecule has 6 heteroatoms. The van der Waals surface area contributed by atoms with Crippen molar-refractivity contribution in [1.29, 1.82) is 0 Å². The molecule has 3 rings (SSSR count). The first-order valence-corrected chi connectivity index (χ1v) is 7.47. The number of benzene rings is 1. The van der Waals surface area contributed by atoms with E-state index in [1.54, 1.807) is 0 Å². The number of hydrogen-bond donors (Lipinski definition) is 2. The SMILES string of the molecule is NC1C2CCC(C2)C1C(=O)Nc1cc(F)c(Br)cc1F. The Morgan fingerprint density at radius 3 is 2.60 bits per heavy atom. The molecule has 3 nitrogen and oxygen atoms in total. The van der Waals surface area contributed by atoms with Gasteiger partial charge in [-0.15, -0.1) is 0 Å². The smallest absolute Gasteiger partial charge is 0.229 e. The van der Waals surface area contributed by atoms with Gasteiger partial charge in [0.25, 0.3) is 0 Å². The Kier molecular flexibility index (Phi) is 3.54. The Morgan fingerprint density at radius 1 is 1.25 bits per heavy atom. The van der Waals surface area contributed by atoms with Gasteiger partial charge in [-0.2, -0.15) is 0 Å². The minimum absolute atomic E-state index is 0.0321. The van der Waals surface area contributed by atoms with E-state index in [2.05, 4.69) is 21.2 Å². The van der Waals surface area contributed by atoms with Crippen LogP contribution in [0.15, 0.2) is 16.6 Å².